The Kier molecular flexibility index (Phi) is 9.31. The number of hydrogen-bond donors (Lipinski definition) is 2. The SMILES string of the molecule is Cl.Cl.O=C(NCCOc1ncc(C(F)(F)F)cc1Cl)C1CC(F)(F)CN1. The van der Waals surface area contributed by atoms with Crippen molar-refractivity contribution in [1.29, 1.82) is 0 Å². The molecule has 0 spiro atoms. The molecule has 2 N–H and O–H groups in total. The molecule has 0 radical (unpaired) electrons. The highest BCUT2D eigenvalue weighted by molar-refractivity contribution is 6.31. The van der Waals surface area contributed by atoms with Crippen LogP contribution in [0.4, 0.5) is 22.0 Å². The lowest BCUT2D eigenvalue weighted by Gasteiger charge is -2.12. The first-order valence-electron chi connectivity index (χ1n) is 6.83. The van der Waals surface area contributed by atoms with E-state index >= 15 is 0 Å². The van der Waals surface area contributed by atoms with Gasteiger partial charge in [0.15, 0.2) is 0 Å². The summed E-state index contributed by atoms with van der Waals surface area (Å²) in [6.07, 6.45) is -4.59. The largest absolute Gasteiger partial charge is 0.475 e. The smallest absolute Gasteiger partial charge is 0.417 e. The molecule has 1 aliphatic rings. The van der Waals surface area contributed by atoms with Crippen molar-refractivity contribution in [3.63, 3.8) is 0 Å². The average Bonchev–Trinajstić information content (AvgIpc) is 2.84. The number of rotatable bonds is 5. The first-order valence-corrected chi connectivity index (χ1v) is 7.21. The van der Waals surface area contributed by atoms with Crippen LogP contribution < -0.4 is 15.4 Å². The molecule has 1 saturated heterocycles. The van der Waals surface area contributed by atoms with Gasteiger partial charge in [0.1, 0.15) is 11.6 Å². The lowest BCUT2D eigenvalue weighted by atomic mass is 10.2. The summed E-state index contributed by atoms with van der Waals surface area (Å²) < 4.78 is 68.3. The highest BCUT2D eigenvalue weighted by Gasteiger charge is 2.42. The molecule has 1 fully saturated rings. The number of ether oxygens (including phenoxy) is 1. The number of alkyl halides is 5. The van der Waals surface area contributed by atoms with E-state index in [9.17, 15) is 26.7 Å². The molecular formula is C13H15Cl3F5N3O2. The second-order valence-corrected chi connectivity index (χ2v) is 5.55. The number of pyridine rings is 1. The lowest BCUT2D eigenvalue weighted by Crippen LogP contribution is -2.41. The summed E-state index contributed by atoms with van der Waals surface area (Å²) in [6, 6.07) is -0.319. The molecule has 1 unspecified atom stereocenters. The molecule has 0 saturated carbocycles. The number of carbonyl (C=O) groups is 1. The van der Waals surface area contributed by atoms with Gasteiger partial charge in [-0.15, -0.1) is 24.8 Å². The molecule has 26 heavy (non-hydrogen) atoms. The zero-order chi connectivity index (χ0) is 18.0. The average molecular weight is 447 g/mol. The van der Waals surface area contributed by atoms with Gasteiger partial charge >= 0.3 is 6.18 Å². The summed E-state index contributed by atoms with van der Waals surface area (Å²) in [5, 5.41) is 4.44. The molecule has 0 aromatic carbocycles. The van der Waals surface area contributed by atoms with Crippen molar-refractivity contribution in [3.05, 3.63) is 22.8 Å². The highest BCUT2D eigenvalue weighted by atomic mass is 35.5. The first kappa shape index (κ1) is 24.9. The number of halogens is 8. The standard InChI is InChI=1S/C13H13ClF5N3O2.2ClH/c14-8-3-7(13(17,18)19)5-21-11(8)24-2-1-20-10(23)9-4-12(15,16)6-22-9;;/h3,5,9,22H,1-2,4,6H2,(H,20,23);2*1H. The Bertz CT molecular complexity index is 619. The number of hydrogen-bond acceptors (Lipinski definition) is 4. The van der Waals surface area contributed by atoms with Gasteiger partial charge in [-0.1, -0.05) is 11.6 Å². The zero-order valence-corrected chi connectivity index (χ0v) is 15.3. The monoisotopic (exact) mass is 445 g/mol. The Morgan fingerprint density at radius 3 is 2.58 bits per heavy atom. The van der Waals surface area contributed by atoms with Crippen molar-refractivity contribution in [3.8, 4) is 5.88 Å². The van der Waals surface area contributed by atoms with Gasteiger partial charge in [0.25, 0.3) is 5.92 Å². The number of aromatic nitrogens is 1. The van der Waals surface area contributed by atoms with Gasteiger partial charge in [0, 0.05) is 12.6 Å². The molecule has 1 amide bonds. The maximum absolute atomic E-state index is 13.0. The molecule has 5 nitrogen and oxygen atoms in total. The molecule has 0 aliphatic carbocycles. The predicted molar refractivity (Wildman–Crippen MR) is 88.6 cm³/mol. The third-order valence-electron chi connectivity index (χ3n) is 3.20. The number of carbonyl (C=O) groups excluding carboxylic acids is 1. The molecule has 0 bridgehead atoms. The van der Waals surface area contributed by atoms with E-state index in [0.29, 0.717) is 12.3 Å². The number of nitrogens with zero attached hydrogens (tertiary/aromatic N) is 1. The van der Waals surface area contributed by atoms with Crippen molar-refractivity contribution in [2.45, 2.75) is 24.6 Å². The van der Waals surface area contributed by atoms with Crippen molar-refractivity contribution in [2.24, 2.45) is 0 Å². The molecular weight excluding hydrogens is 432 g/mol. The number of amides is 1. The quantitative estimate of drug-likeness (QED) is 0.539. The van der Waals surface area contributed by atoms with Crippen LogP contribution in [0.25, 0.3) is 0 Å². The Morgan fingerprint density at radius 1 is 1.42 bits per heavy atom. The summed E-state index contributed by atoms with van der Waals surface area (Å²) in [6.45, 7) is -0.735. The Balaban J connectivity index is 0.00000312. The minimum Gasteiger partial charge on any atom is -0.475 e. The van der Waals surface area contributed by atoms with E-state index in [1.807, 2.05) is 0 Å². The van der Waals surface area contributed by atoms with E-state index in [1.54, 1.807) is 0 Å². The summed E-state index contributed by atoms with van der Waals surface area (Å²) in [5.74, 6) is -3.75. The predicted octanol–water partition coefficient (Wildman–Crippen LogP) is 3.09. The van der Waals surface area contributed by atoms with E-state index in [1.165, 1.54) is 0 Å². The van der Waals surface area contributed by atoms with Crippen LogP contribution in [0.2, 0.25) is 5.02 Å². The summed E-state index contributed by atoms with van der Waals surface area (Å²) >= 11 is 5.64. The van der Waals surface area contributed by atoms with Gasteiger partial charge in [-0.05, 0) is 6.07 Å². The maximum atomic E-state index is 13.0. The van der Waals surface area contributed by atoms with Crippen LogP contribution in [0.3, 0.4) is 0 Å². The Morgan fingerprint density at radius 2 is 2.08 bits per heavy atom. The fourth-order valence-corrected chi connectivity index (χ4v) is 2.25. The molecule has 1 atom stereocenters. The van der Waals surface area contributed by atoms with E-state index in [4.69, 9.17) is 16.3 Å². The van der Waals surface area contributed by atoms with E-state index in [-0.39, 0.29) is 48.9 Å². The second-order valence-electron chi connectivity index (χ2n) is 5.14. The van der Waals surface area contributed by atoms with E-state index < -0.39 is 42.6 Å². The highest BCUT2D eigenvalue weighted by Crippen LogP contribution is 2.33. The molecule has 13 heteroatoms. The topological polar surface area (TPSA) is 63.2 Å². The van der Waals surface area contributed by atoms with Crippen LogP contribution in [0.5, 0.6) is 5.88 Å². The van der Waals surface area contributed by atoms with Gasteiger partial charge in [-0.25, -0.2) is 13.8 Å². The van der Waals surface area contributed by atoms with Crippen LogP contribution in [-0.4, -0.2) is 42.6 Å². The van der Waals surface area contributed by atoms with Crippen LogP contribution in [0, 0.1) is 0 Å². The van der Waals surface area contributed by atoms with Gasteiger partial charge in [0.05, 0.1) is 24.7 Å². The molecule has 150 valence electrons. The van der Waals surface area contributed by atoms with Crippen molar-refractivity contribution < 1.29 is 31.5 Å². The van der Waals surface area contributed by atoms with Crippen molar-refractivity contribution >= 4 is 42.3 Å². The van der Waals surface area contributed by atoms with Gasteiger partial charge in [0.2, 0.25) is 11.8 Å². The molecule has 1 aromatic rings. The molecule has 1 aliphatic heterocycles. The van der Waals surface area contributed by atoms with E-state index in [2.05, 4.69) is 15.6 Å². The van der Waals surface area contributed by atoms with Crippen LogP contribution in [-0.2, 0) is 11.0 Å². The summed E-state index contributed by atoms with van der Waals surface area (Å²) in [4.78, 5) is 15.1. The molecule has 2 heterocycles. The third-order valence-corrected chi connectivity index (χ3v) is 3.47. The number of nitrogens with one attached hydrogen (secondary N) is 2. The second kappa shape index (κ2) is 9.72. The Hall–Kier alpha value is -1.10. The Labute approximate surface area is 162 Å². The summed E-state index contributed by atoms with van der Waals surface area (Å²) in [7, 11) is 0. The fourth-order valence-electron chi connectivity index (χ4n) is 2.03. The minimum absolute atomic E-state index is 0. The van der Waals surface area contributed by atoms with Crippen LogP contribution in [0.1, 0.15) is 12.0 Å². The lowest BCUT2D eigenvalue weighted by molar-refractivity contribution is -0.137. The first-order chi connectivity index (χ1) is 11.1. The summed E-state index contributed by atoms with van der Waals surface area (Å²) in [5.41, 5.74) is -1.01. The van der Waals surface area contributed by atoms with Gasteiger partial charge in [-0.2, -0.15) is 13.2 Å². The third kappa shape index (κ3) is 6.90. The molecule has 2 rings (SSSR count). The van der Waals surface area contributed by atoms with E-state index in [0.717, 1.165) is 0 Å². The maximum Gasteiger partial charge on any atom is 0.417 e. The minimum atomic E-state index is -4.57. The van der Waals surface area contributed by atoms with Crippen LogP contribution >= 0.6 is 36.4 Å². The van der Waals surface area contributed by atoms with Gasteiger partial charge in [-0.3, -0.25) is 10.1 Å². The van der Waals surface area contributed by atoms with Crippen molar-refractivity contribution in [1.82, 2.24) is 15.6 Å². The van der Waals surface area contributed by atoms with Crippen LogP contribution in [0.15, 0.2) is 12.3 Å². The normalized spacial score (nSPS) is 18.5. The zero-order valence-electron chi connectivity index (χ0n) is 12.9. The van der Waals surface area contributed by atoms with Crippen molar-refractivity contribution in [2.75, 3.05) is 19.7 Å². The van der Waals surface area contributed by atoms with Gasteiger partial charge < -0.3 is 10.1 Å². The molecule has 1 aromatic heterocycles. The fraction of sp³-hybridized carbons (Fsp3) is 0.538.